The van der Waals surface area contributed by atoms with Crippen LogP contribution in [0.4, 0.5) is 0 Å². The van der Waals surface area contributed by atoms with Gasteiger partial charge in [0.15, 0.2) is 0 Å². The molecular formula is C16H21NO2S. The SMILES string of the molecule is CCCCN(C(=O)c1sccc1C#CCCO)C1CC1. The Morgan fingerprint density at radius 3 is 3.00 bits per heavy atom. The zero-order chi connectivity index (χ0) is 14.4. The number of nitrogens with zero attached hydrogens (tertiary/aromatic N) is 1. The first kappa shape index (κ1) is 15.1. The summed E-state index contributed by atoms with van der Waals surface area (Å²) in [6.07, 6.45) is 4.87. The van der Waals surface area contributed by atoms with E-state index in [0.29, 0.717) is 12.5 Å². The molecular weight excluding hydrogens is 270 g/mol. The van der Waals surface area contributed by atoms with Gasteiger partial charge in [-0.15, -0.1) is 11.3 Å². The minimum atomic E-state index is 0.0606. The van der Waals surface area contributed by atoms with Gasteiger partial charge in [0.1, 0.15) is 4.88 Å². The lowest BCUT2D eigenvalue weighted by molar-refractivity contribution is 0.0745. The third kappa shape index (κ3) is 3.84. The molecule has 0 aliphatic heterocycles. The van der Waals surface area contributed by atoms with Gasteiger partial charge in [-0.1, -0.05) is 25.2 Å². The van der Waals surface area contributed by atoms with Crippen molar-refractivity contribution in [3.05, 3.63) is 21.9 Å². The van der Waals surface area contributed by atoms with E-state index >= 15 is 0 Å². The lowest BCUT2D eigenvalue weighted by atomic mass is 10.2. The predicted octanol–water partition coefficient (Wildman–Crippen LogP) is 2.89. The minimum Gasteiger partial charge on any atom is -0.395 e. The van der Waals surface area contributed by atoms with Crippen LogP contribution in [0.2, 0.25) is 0 Å². The number of thiophene rings is 1. The van der Waals surface area contributed by atoms with Crippen LogP contribution in [0.5, 0.6) is 0 Å². The topological polar surface area (TPSA) is 40.5 Å². The molecule has 0 aromatic carbocycles. The summed E-state index contributed by atoms with van der Waals surface area (Å²) < 4.78 is 0. The van der Waals surface area contributed by atoms with Gasteiger partial charge in [-0.25, -0.2) is 0 Å². The lowest BCUT2D eigenvalue weighted by Crippen LogP contribution is -2.33. The maximum absolute atomic E-state index is 12.7. The summed E-state index contributed by atoms with van der Waals surface area (Å²) in [4.78, 5) is 15.4. The molecule has 20 heavy (non-hydrogen) atoms. The Bertz CT molecular complexity index is 508. The number of hydrogen-bond donors (Lipinski definition) is 1. The van der Waals surface area contributed by atoms with Gasteiger partial charge in [0, 0.05) is 24.6 Å². The third-order valence-electron chi connectivity index (χ3n) is 3.32. The first-order chi connectivity index (χ1) is 9.77. The van der Waals surface area contributed by atoms with Crippen LogP contribution in [0.3, 0.4) is 0 Å². The number of hydrogen-bond acceptors (Lipinski definition) is 3. The van der Waals surface area contributed by atoms with Gasteiger partial charge in [-0.2, -0.15) is 0 Å². The van der Waals surface area contributed by atoms with Crippen LogP contribution < -0.4 is 0 Å². The average Bonchev–Trinajstić information content (AvgIpc) is 3.18. The molecule has 4 heteroatoms. The molecule has 1 saturated carbocycles. The Hall–Kier alpha value is -1.31. The zero-order valence-corrected chi connectivity index (χ0v) is 12.7. The third-order valence-corrected chi connectivity index (χ3v) is 4.22. The van der Waals surface area contributed by atoms with E-state index in [9.17, 15) is 4.79 Å². The maximum Gasteiger partial charge on any atom is 0.265 e. The van der Waals surface area contributed by atoms with Crippen LogP contribution in [0.25, 0.3) is 0 Å². The molecule has 108 valence electrons. The van der Waals surface area contributed by atoms with Gasteiger partial charge in [-0.05, 0) is 30.7 Å². The molecule has 0 unspecified atom stereocenters. The Morgan fingerprint density at radius 1 is 1.55 bits per heavy atom. The summed E-state index contributed by atoms with van der Waals surface area (Å²) in [5.41, 5.74) is 0.801. The van der Waals surface area contributed by atoms with E-state index in [1.807, 2.05) is 16.3 Å². The van der Waals surface area contributed by atoms with E-state index in [2.05, 4.69) is 18.8 Å². The molecule has 1 aliphatic carbocycles. The highest BCUT2D eigenvalue weighted by Crippen LogP contribution is 2.30. The largest absolute Gasteiger partial charge is 0.395 e. The van der Waals surface area contributed by atoms with Crippen LogP contribution in [0.15, 0.2) is 11.4 Å². The van der Waals surface area contributed by atoms with Crippen molar-refractivity contribution >= 4 is 17.2 Å². The Morgan fingerprint density at radius 2 is 2.35 bits per heavy atom. The highest BCUT2D eigenvalue weighted by Gasteiger charge is 2.33. The fourth-order valence-corrected chi connectivity index (χ4v) is 2.89. The van der Waals surface area contributed by atoms with Crippen LogP contribution >= 0.6 is 11.3 Å². The molecule has 1 fully saturated rings. The summed E-state index contributed by atoms with van der Waals surface area (Å²) in [5.74, 6) is 6.02. The Balaban J connectivity index is 2.11. The van der Waals surface area contributed by atoms with Crippen LogP contribution in [-0.2, 0) is 0 Å². The summed E-state index contributed by atoms with van der Waals surface area (Å²) in [7, 11) is 0. The van der Waals surface area contributed by atoms with Crippen LogP contribution in [-0.4, -0.2) is 35.1 Å². The second-order valence-corrected chi connectivity index (χ2v) is 5.94. The minimum absolute atomic E-state index is 0.0606. The van der Waals surface area contributed by atoms with Gasteiger partial charge in [0.25, 0.3) is 5.91 Å². The van der Waals surface area contributed by atoms with E-state index < -0.39 is 0 Å². The first-order valence-electron chi connectivity index (χ1n) is 7.26. The highest BCUT2D eigenvalue weighted by atomic mass is 32.1. The number of rotatable bonds is 6. The van der Waals surface area contributed by atoms with Crippen molar-refractivity contribution in [2.75, 3.05) is 13.2 Å². The van der Waals surface area contributed by atoms with Gasteiger partial charge < -0.3 is 10.0 Å². The highest BCUT2D eigenvalue weighted by molar-refractivity contribution is 7.12. The number of aliphatic hydroxyl groups excluding tert-OH is 1. The molecule has 0 atom stereocenters. The van der Waals surface area contributed by atoms with Gasteiger partial charge in [0.2, 0.25) is 0 Å². The molecule has 3 nitrogen and oxygen atoms in total. The van der Waals surface area contributed by atoms with Crippen LogP contribution in [0.1, 0.15) is 54.3 Å². The van der Waals surface area contributed by atoms with Crippen LogP contribution in [0, 0.1) is 11.8 Å². The van der Waals surface area contributed by atoms with Crippen molar-refractivity contribution in [3.63, 3.8) is 0 Å². The monoisotopic (exact) mass is 291 g/mol. The molecule has 0 radical (unpaired) electrons. The smallest absolute Gasteiger partial charge is 0.265 e. The number of amides is 1. The van der Waals surface area contributed by atoms with Crippen molar-refractivity contribution in [3.8, 4) is 11.8 Å². The van der Waals surface area contributed by atoms with E-state index in [4.69, 9.17) is 5.11 Å². The maximum atomic E-state index is 12.7. The van der Waals surface area contributed by atoms with Gasteiger partial charge >= 0.3 is 0 Å². The predicted molar refractivity (Wildman–Crippen MR) is 81.9 cm³/mol. The quantitative estimate of drug-likeness (QED) is 0.819. The second-order valence-electron chi connectivity index (χ2n) is 5.02. The molecule has 1 heterocycles. The van der Waals surface area contributed by atoms with E-state index in [1.54, 1.807) is 0 Å². The van der Waals surface area contributed by atoms with Gasteiger partial charge in [-0.3, -0.25) is 4.79 Å². The standard InChI is InChI=1S/C16H21NO2S/c1-2-3-10-17(14-7-8-14)16(19)15-13(9-12-20-15)6-4-5-11-18/h9,12,14,18H,2-3,5,7-8,10-11H2,1H3. The normalized spacial score (nSPS) is 13.7. The van der Waals surface area contributed by atoms with E-state index in [-0.39, 0.29) is 12.5 Å². The second kappa shape index (κ2) is 7.47. The molecule has 1 amide bonds. The number of unbranched alkanes of at least 4 members (excludes halogenated alkanes) is 1. The molecule has 1 aromatic heterocycles. The molecule has 1 aromatic rings. The lowest BCUT2D eigenvalue weighted by Gasteiger charge is -2.21. The summed E-state index contributed by atoms with van der Waals surface area (Å²) in [5, 5.41) is 10.7. The first-order valence-corrected chi connectivity index (χ1v) is 8.14. The van der Waals surface area contributed by atoms with Crippen molar-refractivity contribution in [1.29, 1.82) is 0 Å². The molecule has 1 N–H and O–H groups in total. The van der Waals surface area contributed by atoms with Crippen molar-refractivity contribution < 1.29 is 9.90 Å². The summed E-state index contributed by atoms with van der Waals surface area (Å²) in [6, 6.07) is 2.34. The molecule has 1 aliphatic rings. The van der Waals surface area contributed by atoms with E-state index in [0.717, 1.165) is 42.7 Å². The summed E-state index contributed by atoms with van der Waals surface area (Å²) in [6.45, 7) is 3.05. The summed E-state index contributed by atoms with van der Waals surface area (Å²) >= 11 is 1.47. The Kier molecular flexibility index (Phi) is 5.63. The van der Waals surface area contributed by atoms with Gasteiger partial charge in [0.05, 0.1) is 6.61 Å². The molecule has 2 rings (SSSR count). The number of aliphatic hydroxyl groups is 1. The Labute approximate surface area is 124 Å². The fourth-order valence-electron chi connectivity index (χ4n) is 2.08. The molecule has 0 spiro atoms. The number of carbonyl (C=O) groups is 1. The van der Waals surface area contributed by atoms with Crippen molar-refractivity contribution in [2.24, 2.45) is 0 Å². The van der Waals surface area contributed by atoms with Crippen molar-refractivity contribution in [2.45, 2.75) is 45.1 Å². The zero-order valence-electron chi connectivity index (χ0n) is 11.9. The number of carbonyl (C=O) groups excluding carboxylic acids is 1. The molecule has 0 saturated heterocycles. The fraction of sp³-hybridized carbons (Fsp3) is 0.562. The van der Waals surface area contributed by atoms with Crippen molar-refractivity contribution in [1.82, 2.24) is 4.90 Å². The van der Waals surface area contributed by atoms with E-state index in [1.165, 1.54) is 11.3 Å². The molecule has 0 bridgehead atoms. The average molecular weight is 291 g/mol.